The van der Waals surface area contributed by atoms with E-state index in [-0.39, 0.29) is 0 Å². The van der Waals surface area contributed by atoms with Gasteiger partial charge in [0.2, 0.25) is 0 Å². The monoisotopic (exact) mass is 180 g/mol. The molecule has 0 atom stereocenters. The highest BCUT2D eigenvalue weighted by molar-refractivity contribution is 7.98. The maximum atomic E-state index is 5.11. The van der Waals surface area contributed by atoms with Crippen molar-refractivity contribution in [3.05, 3.63) is 30.3 Å². The van der Waals surface area contributed by atoms with Crippen molar-refractivity contribution in [2.75, 3.05) is 13.4 Å². The second-order valence-corrected chi connectivity index (χ2v) is 3.16. The van der Waals surface area contributed by atoms with E-state index in [2.05, 4.69) is 6.58 Å². The molecular weight excluding hydrogens is 168 g/mol. The van der Waals surface area contributed by atoms with Crippen LogP contribution in [0.5, 0.6) is 5.75 Å². The Labute approximate surface area is 77.4 Å². The second-order valence-electron chi connectivity index (χ2n) is 2.31. The Hall–Kier alpha value is -0.890. The summed E-state index contributed by atoms with van der Waals surface area (Å²) in [7, 11) is 1.67. The van der Waals surface area contributed by atoms with E-state index in [0.29, 0.717) is 0 Å². The first-order chi connectivity index (χ1) is 5.81. The van der Waals surface area contributed by atoms with Gasteiger partial charge in [0.15, 0.2) is 0 Å². The molecule has 0 aliphatic carbocycles. The smallest absolute Gasteiger partial charge is 0.120 e. The van der Waals surface area contributed by atoms with E-state index in [9.17, 15) is 0 Å². The standard InChI is InChI=1S/C10H12OS/c1-4-8-5-6-9(11-2)7-10(8)12-3/h4-7H,1H2,2-3H3. The first-order valence-electron chi connectivity index (χ1n) is 3.66. The molecule has 0 N–H and O–H groups in total. The molecule has 12 heavy (non-hydrogen) atoms. The van der Waals surface area contributed by atoms with Gasteiger partial charge >= 0.3 is 0 Å². The summed E-state index contributed by atoms with van der Waals surface area (Å²) in [5.41, 5.74) is 1.16. The molecule has 0 saturated heterocycles. The molecule has 2 heteroatoms. The van der Waals surface area contributed by atoms with Gasteiger partial charge in [-0.05, 0) is 24.0 Å². The lowest BCUT2D eigenvalue weighted by molar-refractivity contribution is 0.413. The van der Waals surface area contributed by atoms with Crippen LogP contribution in [-0.4, -0.2) is 13.4 Å². The van der Waals surface area contributed by atoms with Crippen molar-refractivity contribution < 1.29 is 4.74 Å². The molecule has 0 spiro atoms. The maximum Gasteiger partial charge on any atom is 0.120 e. The molecule has 1 aromatic rings. The topological polar surface area (TPSA) is 9.23 Å². The summed E-state index contributed by atoms with van der Waals surface area (Å²) in [5, 5.41) is 0. The van der Waals surface area contributed by atoms with Crippen LogP contribution in [0.2, 0.25) is 0 Å². The molecule has 0 unspecified atom stereocenters. The number of benzene rings is 1. The molecule has 1 rings (SSSR count). The molecule has 64 valence electrons. The van der Waals surface area contributed by atoms with Crippen LogP contribution in [0.1, 0.15) is 5.56 Å². The molecule has 1 aromatic carbocycles. The van der Waals surface area contributed by atoms with Gasteiger partial charge in [0.05, 0.1) is 7.11 Å². The zero-order chi connectivity index (χ0) is 8.97. The minimum atomic E-state index is 0.893. The van der Waals surface area contributed by atoms with Gasteiger partial charge in [-0.15, -0.1) is 11.8 Å². The van der Waals surface area contributed by atoms with Crippen molar-refractivity contribution in [1.82, 2.24) is 0 Å². The van der Waals surface area contributed by atoms with Crippen LogP contribution < -0.4 is 4.74 Å². The van der Waals surface area contributed by atoms with Gasteiger partial charge in [-0.3, -0.25) is 0 Å². The van der Waals surface area contributed by atoms with Crippen molar-refractivity contribution in [2.45, 2.75) is 4.90 Å². The number of hydrogen-bond donors (Lipinski definition) is 0. The second kappa shape index (κ2) is 4.21. The van der Waals surface area contributed by atoms with E-state index in [1.807, 2.05) is 30.5 Å². The largest absolute Gasteiger partial charge is 0.497 e. The quantitative estimate of drug-likeness (QED) is 0.661. The van der Waals surface area contributed by atoms with Crippen LogP contribution in [0.15, 0.2) is 29.7 Å². The van der Waals surface area contributed by atoms with Crippen LogP contribution in [0, 0.1) is 0 Å². The molecule has 0 fully saturated rings. The predicted molar refractivity (Wildman–Crippen MR) is 54.9 cm³/mol. The van der Waals surface area contributed by atoms with Gasteiger partial charge in [0.1, 0.15) is 5.75 Å². The molecule has 0 heterocycles. The molecule has 1 nitrogen and oxygen atoms in total. The summed E-state index contributed by atoms with van der Waals surface area (Å²) in [6.45, 7) is 3.74. The third-order valence-electron chi connectivity index (χ3n) is 1.66. The Kier molecular flexibility index (Phi) is 3.23. The average molecular weight is 180 g/mol. The summed E-state index contributed by atoms with van der Waals surface area (Å²) in [4.78, 5) is 1.20. The summed E-state index contributed by atoms with van der Waals surface area (Å²) in [6, 6.07) is 5.97. The predicted octanol–water partition coefficient (Wildman–Crippen LogP) is 3.06. The minimum Gasteiger partial charge on any atom is -0.497 e. The van der Waals surface area contributed by atoms with Gasteiger partial charge in [-0.1, -0.05) is 18.7 Å². The molecule has 0 aromatic heterocycles. The van der Waals surface area contributed by atoms with E-state index in [4.69, 9.17) is 4.74 Å². The van der Waals surface area contributed by atoms with Crippen LogP contribution in [0.3, 0.4) is 0 Å². The van der Waals surface area contributed by atoms with Gasteiger partial charge < -0.3 is 4.74 Å². The van der Waals surface area contributed by atoms with Gasteiger partial charge in [-0.2, -0.15) is 0 Å². The highest BCUT2D eigenvalue weighted by Crippen LogP contribution is 2.25. The lowest BCUT2D eigenvalue weighted by Crippen LogP contribution is -1.84. The number of hydrogen-bond acceptors (Lipinski definition) is 2. The van der Waals surface area contributed by atoms with Crippen molar-refractivity contribution in [3.8, 4) is 5.75 Å². The SMILES string of the molecule is C=Cc1ccc(OC)cc1SC. The first-order valence-corrected chi connectivity index (χ1v) is 4.88. The van der Waals surface area contributed by atoms with E-state index >= 15 is 0 Å². The molecule has 0 aliphatic rings. The molecule has 0 aliphatic heterocycles. The molecule has 0 radical (unpaired) electrons. The van der Waals surface area contributed by atoms with E-state index in [1.165, 1.54) is 4.90 Å². The summed E-state index contributed by atoms with van der Waals surface area (Å²) >= 11 is 1.70. The van der Waals surface area contributed by atoms with Crippen molar-refractivity contribution in [1.29, 1.82) is 0 Å². The Morgan fingerprint density at radius 3 is 2.75 bits per heavy atom. The van der Waals surface area contributed by atoms with Crippen molar-refractivity contribution in [3.63, 3.8) is 0 Å². The van der Waals surface area contributed by atoms with Gasteiger partial charge in [0.25, 0.3) is 0 Å². The summed E-state index contributed by atoms with van der Waals surface area (Å²) < 4.78 is 5.11. The Balaban J connectivity index is 3.10. The number of thioether (sulfide) groups is 1. The van der Waals surface area contributed by atoms with Crippen LogP contribution in [0.4, 0.5) is 0 Å². The highest BCUT2D eigenvalue weighted by Gasteiger charge is 1.99. The Morgan fingerprint density at radius 2 is 2.25 bits per heavy atom. The highest BCUT2D eigenvalue weighted by atomic mass is 32.2. The van der Waals surface area contributed by atoms with Crippen LogP contribution in [0.25, 0.3) is 6.08 Å². The van der Waals surface area contributed by atoms with Crippen molar-refractivity contribution >= 4 is 17.8 Å². The average Bonchev–Trinajstić information content (AvgIpc) is 2.16. The summed E-state index contributed by atoms with van der Waals surface area (Å²) in [5.74, 6) is 0.893. The number of rotatable bonds is 3. The minimum absolute atomic E-state index is 0.893. The number of ether oxygens (including phenoxy) is 1. The summed E-state index contributed by atoms with van der Waals surface area (Å²) in [6.07, 6.45) is 3.90. The fourth-order valence-corrected chi connectivity index (χ4v) is 1.61. The Bertz CT molecular complexity index is 281. The zero-order valence-electron chi connectivity index (χ0n) is 7.33. The van der Waals surface area contributed by atoms with Crippen LogP contribution in [-0.2, 0) is 0 Å². The van der Waals surface area contributed by atoms with Gasteiger partial charge in [-0.25, -0.2) is 0 Å². The number of methoxy groups -OCH3 is 1. The zero-order valence-corrected chi connectivity index (χ0v) is 8.15. The third-order valence-corrected chi connectivity index (χ3v) is 2.45. The van der Waals surface area contributed by atoms with Crippen molar-refractivity contribution in [2.24, 2.45) is 0 Å². The fraction of sp³-hybridized carbons (Fsp3) is 0.200. The Morgan fingerprint density at radius 1 is 1.50 bits per heavy atom. The van der Waals surface area contributed by atoms with Crippen LogP contribution >= 0.6 is 11.8 Å². The molecule has 0 bridgehead atoms. The first kappa shape index (κ1) is 9.20. The van der Waals surface area contributed by atoms with E-state index in [1.54, 1.807) is 18.9 Å². The lowest BCUT2D eigenvalue weighted by atomic mass is 10.2. The maximum absolute atomic E-state index is 5.11. The fourth-order valence-electron chi connectivity index (χ4n) is 0.987. The molecule has 0 saturated carbocycles. The molecular formula is C10H12OS. The van der Waals surface area contributed by atoms with E-state index < -0.39 is 0 Å². The third kappa shape index (κ3) is 1.83. The molecule has 0 amide bonds. The normalized spacial score (nSPS) is 9.50. The van der Waals surface area contributed by atoms with E-state index in [0.717, 1.165) is 11.3 Å². The lowest BCUT2D eigenvalue weighted by Gasteiger charge is -2.05. The van der Waals surface area contributed by atoms with Gasteiger partial charge in [0, 0.05) is 4.90 Å².